The van der Waals surface area contributed by atoms with Gasteiger partial charge in [-0.05, 0) is 37.8 Å². The first-order valence-corrected chi connectivity index (χ1v) is 8.21. The van der Waals surface area contributed by atoms with Crippen molar-refractivity contribution in [3.63, 3.8) is 0 Å². The molecule has 1 N–H and O–H groups in total. The molecule has 2 atom stereocenters. The second-order valence-corrected chi connectivity index (χ2v) is 6.00. The van der Waals surface area contributed by atoms with Gasteiger partial charge >= 0.3 is 0 Å². The number of nitrogens with one attached hydrogen (secondary N) is 1. The van der Waals surface area contributed by atoms with Crippen molar-refractivity contribution in [1.29, 1.82) is 0 Å². The Hall–Kier alpha value is -0.860. The fourth-order valence-electron chi connectivity index (χ4n) is 2.81. The van der Waals surface area contributed by atoms with E-state index in [1.165, 1.54) is 31.2 Å². The molecule has 0 spiro atoms. The lowest BCUT2D eigenvalue weighted by atomic mass is 9.83. The first-order valence-electron chi connectivity index (χ1n) is 8.21. The van der Waals surface area contributed by atoms with Crippen LogP contribution in [0.25, 0.3) is 0 Å². The lowest BCUT2D eigenvalue weighted by molar-refractivity contribution is 0.0252. The topological polar surface area (TPSA) is 21.3 Å². The summed E-state index contributed by atoms with van der Waals surface area (Å²) in [5, 5.41) is 3.63. The molecule has 1 aliphatic rings. The first-order chi connectivity index (χ1) is 9.81. The van der Waals surface area contributed by atoms with Crippen LogP contribution in [0.3, 0.4) is 0 Å². The van der Waals surface area contributed by atoms with Crippen LogP contribution in [0, 0.1) is 5.92 Å². The minimum atomic E-state index is 0.226. The number of rotatable bonds is 9. The SMILES string of the molecule is CCCNC(c1ccccc1)C(C)OCCC1CCC1. The van der Waals surface area contributed by atoms with Crippen molar-refractivity contribution in [1.82, 2.24) is 5.32 Å². The van der Waals surface area contributed by atoms with Crippen LogP contribution in [0.15, 0.2) is 30.3 Å². The van der Waals surface area contributed by atoms with E-state index in [0.717, 1.165) is 25.5 Å². The lowest BCUT2D eigenvalue weighted by Crippen LogP contribution is -2.33. The molecule has 1 aromatic carbocycles. The van der Waals surface area contributed by atoms with E-state index >= 15 is 0 Å². The van der Waals surface area contributed by atoms with Gasteiger partial charge in [0.25, 0.3) is 0 Å². The molecule has 1 fully saturated rings. The van der Waals surface area contributed by atoms with E-state index in [-0.39, 0.29) is 6.10 Å². The maximum Gasteiger partial charge on any atom is 0.0741 e. The summed E-state index contributed by atoms with van der Waals surface area (Å²) >= 11 is 0. The molecule has 20 heavy (non-hydrogen) atoms. The van der Waals surface area contributed by atoms with Gasteiger partial charge in [0.1, 0.15) is 0 Å². The third-order valence-electron chi connectivity index (χ3n) is 4.37. The summed E-state index contributed by atoms with van der Waals surface area (Å²) in [5.41, 5.74) is 1.33. The molecule has 1 saturated carbocycles. The van der Waals surface area contributed by atoms with Crippen molar-refractivity contribution in [2.45, 2.75) is 58.1 Å². The van der Waals surface area contributed by atoms with Gasteiger partial charge in [-0.1, -0.05) is 56.5 Å². The Morgan fingerprint density at radius 2 is 2.00 bits per heavy atom. The fourth-order valence-corrected chi connectivity index (χ4v) is 2.81. The molecule has 1 aromatic rings. The van der Waals surface area contributed by atoms with E-state index in [4.69, 9.17) is 4.74 Å². The Morgan fingerprint density at radius 1 is 1.25 bits per heavy atom. The second kappa shape index (κ2) is 8.43. The molecule has 0 aliphatic heterocycles. The molecule has 0 radical (unpaired) electrons. The lowest BCUT2D eigenvalue weighted by Gasteiger charge is -2.29. The van der Waals surface area contributed by atoms with Gasteiger partial charge in [0.15, 0.2) is 0 Å². The third kappa shape index (κ3) is 4.60. The highest BCUT2D eigenvalue weighted by atomic mass is 16.5. The Bertz CT molecular complexity index is 361. The number of hydrogen-bond donors (Lipinski definition) is 1. The molecule has 1 aliphatic carbocycles. The largest absolute Gasteiger partial charge is 0.377 e. The third-order valence-corrected chi connectivity index (χ3v) is 4.37. The fraction of sp³-hybridized carbons (Fsp3) is 0.667. The number of hydrogen-bond acceptors (Lipinski definition) is 2. The smallest absolute Gasteiger partial charge is 0.0741 e. The molecule has 0 heterocycles. The highest BCUT2D eigenvalue weighted by Gasteiger charge is 2.21. The van der Waals surface area contributed by atoms with E-state index in [1.54, 1.807) is 0 Å². The highest BCUT2D eigenvalue weighted by molar-refractivity contribution is 5.19. The van der Waals surface area contributed by atoms with Crippen molar-refractivity contribution in [2.75, 3.05) is 13.2 Å². The Kier molecular flexibility index (Phi) is 6.55. The summed E-state index contributed by atoms with van der Waals surface area (Å²) in [6, 6.07) is 11.0. The zero-order chi connectivity index (χ0) is 14.2. The maximum atomic E-state index is 6.10. The molecule has 2 unspecified atom stereocenters. The maximum absolute atomic E-state index is 6.10. The Balaban J connectivity index is 1.84. The van der Waals surface area contributed by atoms with Crippen LogP contribution in [-0.4, -0.2) is 19.3 Å². The molecule has 2 heteroatoms. The van der Waals surface area contributed by atoms with Crippen LogP contribution in [0.1, 0.15) is 57.6 Å². The van der Waals surface area contributed by atoms with Crippen molar-refractivity contribution in [3.05, 3.63) is 35.9 Å². The number of ether oxygens (including phenoxy) is 1. The molecular weight excluding hydrogens is 246 g/mol. The normalized spacial score (nSPS) is 18.5. The summed E-state index contributed by atoms with van der Waals surface area (Å²) in [4.78, 5) is 0. The van der Waals surface area contributed by atoms with Crippen LogP contribution in [0.2, 0.25) is 0 Å². The molecule has 112 valence electrons. The average Bonchev–Trinajstić information content (AvgIpc) is 2.43. The van der Waals surface area contributed by atoms with Crippen molar-refractivity contribution in [3.8, 4) is 0 Å². The van der Waals surface area contributed by atoms with E-state index < -0.39 is 0 Å². The summed E-state index contributed by atoms with van der Waals surface area (Å²) in [5.74, 6) is 0.931. The van der Waals surface area contributed by atoms with E-state index in [9.17, 15) is 0 Å². The van der Waals surface area contributed by atoms with Crippen LogP contribution < -0.4 is 5.32 Å². The summed E-state index contributed by atoms with van der Waals surface area (Å²) in [6.07, 6.45) is 6.86. The van der Waals surface area contributed by atoms with Gasteiger partial charge in [-0.15, -0.1) is 0 Å². The Morgan fingerprint density at radius 3 is 2.60 bits per heavy atom. The summed E-state index contributed by atoms with van der Waals surface area (Å²) in [7, 11) is 0. The van der Waals surface area contributed by atoms with Gasteiger partial charge in [-0.2, -0.15) is 0 Å². The number of benzene rings is 1. The average molecular weight is 275 g/mol. The minimum Gasteiger partial charge on any atom is -0.377 e. The van der Waals surface area contributed by atoms with Gasteiger partial charge < -0.3 is 10.1 Å². The van der Waals surface area contributed by atoms with E-state index in [0.29, 0.717) is 6.04 Å². The van der Waals surface area contributed by atoms with E-state index in [1.807, 2.05) is 0 Å². The predicted molar refractivity (Wildman–Crippen MR) is 84.8 cm³/mol. The van der Waals surface area contributed by atoms with E-state index in [2.05, 4.69) is 49.5 Å². The first kappa shape index (κ1) is 15.5. The monoisotopic (exact) mass is 275 g/mol. The van der Waals surface area contributed by atoms with Crippen molar-refractivity contribution < 1.29 is 4.74 Å². The molecule has 2 rings (SSSR count). The van der Waals surface area contributed by atoms with Gasteiger partial charge in [-0.3, -0.25) is 0 Å². The molecular formula is C18H29NO. The zero-order valence-corrected chi connectivity index (χ0v) is 13.0. The summed E-state index contributed by atoms with van der Waals surface area (Å²) in [6.45, 7) is 6.34. The van der Waals surface area contributed by atoms with Crippen LogP contribution in [-0.2, 0) is 4.74 Å². The van der Waals surface area contributed by atoms with Crippen LogP contribution in [0.5, 0.6) is 0 Å². The second-order valence-electron chi connectivity index (χ2n) is 6.00. The molecule has 0 amide bonds. The zero-order valence-electron chi connectivity index (χ0n) is 13.0. The van der Waals surface area contributed by atoms with Crippen LogP contribution >= 0.6 is 0 Å². The minimum absolute atomic E-state index is 0.226. The Labute approximate surface area is 123 Å². The van der Waals surface area contributed by atoms with Gasteiger partial charge in [0, 0.05) is 6.61 Å². The van der Waals surface area contributed by atoms with Gasteiger partial charge in [0.05, 0.1) is 12.1 Å². The summed E-state index contributed by atoms with van der Waals surface area (Å²) < 4.78 is 6.10. The predicted octanol–water partition coefficient (Wildman–Crippen LogP) is 4.32. The van der Waals surface area contributed by atoms with Gasteiger partial charge in [0.2, 0.25) is 0 Å². The van der Waals surface area contributed by atoms with Crippen LogP contribution in [0.4, 0.5) is 0 Å². The standard InChI is InChI=1S/C18H29NO/c1-3-13-19-18(17-10-5-4-6-11-17)15(2)20-14-12-16-8-7-9-16/h4-6,10-11,15-16,18-19H,3,7-9,12-14H2,1-2H3. The highest BCUT2D eigenvalue weighted by Crippen LogP contribution is 2.29. The van der Waals surface area contributed by atoms with Gasteiger partial charge in [-0.25, -0.2) is 0 Å². The van der Waals surface area contributed by atoms with Crippen molar-refractivity contribution >= 4 is 0 Å². The van der Waals surface area contributed by atoms with Crippen molar-refractivity contribution in [2.24, 2.45) is 5.92 Å². The molecule has 0 aromatic heterocycles. The molecule has 0 bridgehead atoms. The molecule has 2 nitrogen and oxygen atoms in total. The molecule has 0 saturated heterocycles. The quantitative estimate of drug-likeness (QED) is 0.724.